The third-order valence-electron chi connectivity index (χ3n) is 4.21. The number of oxazole rings is 1. The van der Waals surface area contributed by atoms with Gasteiger partial charge < -0.3 is 19.3 Å². The summed E-state index contributed by atoms with van der Waals surface area (Å²) >= 11 is 5.14. The molecule has 0 bridgehead atoms. The topological polar surface area (TPSA) is 101 Å². The van der Waals surface area contributed by atoms with Gasteiger partial charge in [-0.2, -0.15) is 0 Å². The molecule has 2 aromatic carbocycles. The molecule has 0 unspecified atom stereocenters. The first-order chi connectivity index (χ1) is 14.5. The Labute approximate surface area is 177 Å². The van der Waals surface area contributed by atoms with Gasteiger partial charge in [-0.3, -0.25) is 10.1 Å². The summed E-state index contributed by atoms with van der Waals surface area (Å²) in [6, 6.07) is 14.0. The van der Waals surface area contributed by atoms with E-state index >= 15 is 0 Å². The van der Waals surface area contributed by atoms with E-state index < -0.39 is 5.91 Å². The van der Waals surface area contributed by atoms with Crippen molar-refractivity contribution in [1.82, 2.24) is 10.3 Å². The number of phenols is 1. The molecule has 2 aromatic heterocycles. The monoisotopic (exact) mass is 419 g/mol. The molecule has 4 aromatic rings. The lowest BCUT2D eigenvalue weighted by atomic mass is 10.2. The molecule has 3 N–H and O–H groups in total. The van der Waals surface area contributed by atoms with Gasteiger partial charge in [-0.15, -0.1) is 0 Å². The predicted octanol–water partition coefficient (Wildman–Crippen LogP) is 4.63. The molecule has 8 heteroatoms. The molecule has 30 heavy (non-hydrogen) atoms. The molecule has 0 radical (unpaired) electrons. The number of nitrogens with one attached hydrogen (secondary N) is 2. The number of fused-ring (bicyclic) bond motifs is 1. The first-order valence-corrected chi connectivity index (χ1v) is 9.43. The molecule has 0 fully saturated rings. The van der Waals surface area contributed by atoms with E-state index in [1.165, 1.54) is 24.5 Å². The van der Waals surface area contributed by atoms with Gasteiger partial charge >= 0.3 is 0 Å². The molecule has 0 saturated heterocycles. The fourth-order valence-corrected chi connectivity index (χ4v) is 3.02. The van der Waals surface area contributed by atoms with Crippen LogP contribution in [0.3, 0.4) is 0 Å². The maximum absolute atomic E-state index is 11.9. The fraction of sp³-hybridized carbons (Fsp3) is 0.0455. The van der Waals surface area contributed by atoms with Crippen molar-refractivity contribution in [1.29, 1.82) is 0 Å². The van der Waals surface area contributed by atoms with Crippen molar-refractivity contribution in [3.63, 3.8) is 0 Å². The minimum Gasteiger partial charge on any atom is -0.507 e. The Balaban J connectivity index is 1.43. The van der Waals surface area contributed by atoms with E-state index in [9.17, 15) is 9.90 Å². The van der Waals surface area contributed by atoms with Crippen LogP contribution in [0.4, 0.5) is 5.69 Å². The predicted molar refractivity (Wildman–Crippen MR) is 118 cm³/mol. The number of carbonyl (C=O) groups is 1. The number of nitrogens with zero attached hydrogens (tertiary/aromatic N) is 1. The van der Waals surface area contributed by atoms with Crippen LogP contribution in [0.25, 0.3) is 28.6 Å². The van der Waals surface area contributed by atoms with Crippen LogP contribution in [0.5, 0.6) is 5.75 Å². The van der Waals surface area contributed by atoms with E-state index in [0.29, 0.717) is 34.0 Å². The van der Waals surface area contributed by atoms with Gasteiger partial charge in [0.15, 0.2) is 10.7 Å². The summed E-state index contributed by atoms with van der Waals surface area (Å²) in [6.07, 6.45) is 4.35. The molecule has 0 spiro atoms. The number of thiocarbonyl (C=S) groups is 1. The van der Waals surface area contributed by atoms with Crippen molar-refractivity contribution < 1.29 is 18.7 Å². The number of aromatic hydroxyl groups is 1. The highest BCUT2D eigenvalue weighted by molar-refractivity contribution is 7.80. The normalized spacial score (nSPS) is 11.1. The zero-order chi connectivity index (χ0) is 21.1. The third kappa shape index (κ3) is 4.39. The maximum atomic E-state index is 11.9. The van der Waals surface area contributed by atoms with Crippen LogP contribution in [0.2, 0.25) is 0 Å². The molecule has 0 aliphatic heterocycles. The second-order valence-electron chi connectivity index (χ2n) is 6.51. The Morgan fingerprint density at radius 3 is 2.83 bits per heavy atom. The standard InChI is InChI=1S/C22H17N3O4S/c1-13-4-8-17-19(11-13)29-21(24-17)16-7-5-14(12-18(16)26)23-22(30)25-20(27)9-6-15-3-2-10-28-15/h2-12,26H,1H3,(H2,23,25,27,30)/b9-6+. The number of aryl methyl sites for hydroxylation is 1. The molecule has 0 saturated carbocycles. The number of rotatable bonds is 4. The smallest absolute Gasteiger partial charge is 0.250 e. The largest absolute Gasteiger partial charge is 0.507 e. The molecule has 0 aliphatic rings. The minimum absolute atomic E-state index is 0.0323. The number of anilines is 1. The van der Waals surface area contributed by atoms with E-state index in [4.69, 9.17) is 21.1 Å². The molecular formula is C22H17N3O4S. The van der Waals surface area contributed by atoms with Crippen LogP contribution in [0, 0.1) is 6.92 Å². The average Bonchev–Trinajstić information content (AvgIpc) is 3.35. The highest BCUT2D eigenvalue weighted by atomic mass is 32.1. The van der Waals surface area contributed by atoms with Crippen LogP contribution in [-0.2, 0) is 4.79 Å². The van der Waals surface area contributed by atoms with Gasteiger partial charge in [0.25, 0.3) is 0 Å². The molecule has 1 amide bonds. The van der Waals surface area contributed by atoms with Crippen molar-refractivity contribution >= 4 is 46.1 Å². The van der Waals surface area contributed by atoms with Crippen molar-refractivity contribution in [3.05, 3.63) is 72.2 Å². The minimum atomic E-state index is -0.411. The van der Waals surface area contributed by atoms with Crippen LogP contribution >= 0.6 is 12.2 Å². The van der Waals surface area contributed by atoms with Gasteiger partial charge in [0, 0.05) is 17.8 Å². The maximum Gasteiger partial charge on any atom is 0.250 e. The van der Waals surface area contributed by atoms with E-state index in [1.54, 1.807) is 24.3 Å². The zero-order valence-corrected chi connectivity index (χ0v) is 16.7. The van der Waals surface area contributed by atoms with Crippen LogP contribution in [-0.4, -0.2) is 21.1 Å². The quantitative estimate of drug-likeness (QED) is 0.328. The first-order valence-electron chi connectivity index (χ1n) is 9.02. The summed E-state index contributed by atoms with van der Waals surface area (Å²) in [5.74, 6) is 0.430. The van der Waals surface area contributed by atoms with E-state index in [0.717, 1.165) is 5.56 Å². The number of carbonyl (C=O) groups excluding carboxylic acids is 1. The number of benzene rings is 2. The lowest BCUT2D eigenvalue weighted by Crippen LogP contribution is -2.32. The summed E-state index contributed by atoms with van der Waals surface area (Å²) in [4.78, 5) is 16.3. The number of phenolic OH excluding ortho intramolecular Hbond substituents is 1. The van der Waals surface area contributed by atoms with Crippen LogP contribution < -0.4 is 10.6 Å². The molecule has 7 nitrogen and oxygen atoms in total. The molecular weight excluding hydrogens is 402 g/mol. The molecule has 2 heterocycles. The van der Waals surface area contributed by atoms with E-state index in [-0.39, 0.29) is 10.9 Å². The Hall–Kier alpha value is -3.91. The van der Waals surface area contributed by atoms with Gasteiger partial charge in [0.2, 0.25) is 11.8 Å². The Bertz CT molecular complexity index is 1260. The zero-order valence-electron chi connectivity index (χ0n) is 15.9. The number of hydrogen-bond donors (Lipinski definition) is 3. The SMILES string of the molecule is Cc1ccc2nc(-c3ccc(NC(=S)NC(=O)/C=C/c4ccco4)cc3O)oc2c1. The van der Waals surface area contributed by atoms with Crippen LogP contribution in [0.15, 0.2) is 69.7 Å². The van der Waals surface area contributed by atoms with Gasteiger partial charge in [0.1, 0.15) is 17.0 Å². The number of hydrogen-bond acceptors (Lipinski definition) is 6. The second kappa shape index (κ2) is 8.22. The highest BCUT2D eigenvalue weighted by Gasteiger charge is 2.13. The summed E-state index contributed by atoms with van der Waals surface area (Å²) in [5, 5.41) is 15.9. The highest BCUT2D eigenvalue weighted by Crippen LogP contribution is 2.33. The third-order valence-corrected chi connectivity index (χ3v) is 4.41. The lowest BCUT2D eigenvalue weighted by Gasteiger charge is -2.09. The van der Waals surface area contributed by atoms with Gasteiger partial charge in [-0.05, 0) is 67.2 Å². The van der Waals surface area contributed by atoms with Gasteiger partial charge in [-0.1, -0.05) is 6.07 Å². The molecule has 4 rings (SSSR count). The summed E-state index contributed by atoms with van der Waals surface area (Å²) in [7, 11) is 0. The van der Waals surface area contributed by atoms with Gasteiger partial charge in [0.05, 0.1) is 11.8 Å². The van der Waals surface area contributed by atoms with Crippen molar-refractivity contribution in [2.75, 3.05) is 5.32 Å². The number of furan rings is 1. The first kappa shape index (κ1) is 19.4. The average molecular weight is 419 g/mol. The van der Waals surface area contributed by atoms with Crippen molar-refractivity contribution in [3.8, 4) is 17.2 Å². The summed E-state index contributed by atoms with van der Waals surface area (Å²) in [5.41, 5.74) is 3.37. The number of aromatic nitrogens is 1. The van der Waals surface area contributed by atoms with Gasteiger partial charge in [-0.25, -0.2) is 4.98 Å². The second-order valence-corrected chi connectivity index (χ2v) is 6.92. The van der Waals surface area contributed by atoms with Crippen molar-refractivity contribution in [2.45, 2.75) is 6.92 Å². The van der Waals surface area contributed by atoms with E-state index in [1.807, 2.05) is 25.1 Å². The Morgan fingerprint density at radius 2 is 2.07 bits per heavy atom. The summed E-state index contributed by atoms with van der Waals surface area (Å²) in [6.45, 7) is 1.97. The lowest BCUT2D eigenvalue weighted by molar-refractivity contribution is -0.115. The molecule has 0 atom stereocenters. The Morgan fingerprint density at radius 1 is 1.20 bits per heavy atom. The Kier molecular flexibility index (Phi) is 5.32. The fourth-order valence-electron chi connectivity index (χ4n) is 2.80. The molecule has 150 valence electrons. The van der Waals surface area contributed by atoms with E-state index in [2.05, 4.69) is 15.6 Å². The molecule has 0 aliphatic carbocycles. The van der Waals surface area contributed by atoms with Crippen molar-refractivity contribution in [2.24, 2.45) is 0 Å². The number of amides is 1. The van der Waals surface area contributed by atoms with Crippen LogP contribution in [0.1, 0.15) is 11.3 Å². The summed E-state index contributed by atoms with van der Waals surface area (Å²) < 4.78 is 10.9.